The van der Waals surface area contributed by atoms with E-state index in [0.29, 0.717) is 13.1 Å². The molecule has 20 heavy (non-hydrogen) atoms. The molecule has 0 bridgehead atoms. The number of amides is 1. The molecule has 112 valence electrons. The van der Waals surface area contributed by atoms with E-state index >= 15 is 0 Å². The molecule has 2 rings (SSSR count). The van der Waals surface area contributed by atoms with Crippen LogP contribution in [0.25, 0.3) is 0 Å². The van der Waals surface area contributed by atoms with Gasteiger partial charge in [-0.3, -0.25) is 4.79 Å². The number of hydrogen-bond donors (Lipinski definition) is 2. The maximum absolute atomic E-state index is 11.9. The van der Waals surface area contributed by atoms with Gasteiger partial charge in [-0.25, -0.2) is 0 Å². The predicted molar refractivity (Wildman–Crippen MR) is 81.8 cm³/mol. The Morgan fingerprint density at radius 3 is 2.75 bits per heavy atom. The largest absolute Gasteiger partial charge is 0.368 e. The molecular weight excluding hydrogens is 272 g/mol. The Morgan fingerprint density at radius 2 is 2.20 bits per heavy atom. The summed E-state index contributed by atoms with van der Waals surface area (Å²) in [6.45, 7) is 9.26. The summed E-state index contributed by atoms with van der Waals surface area (Å²) >= 11 is 1.65. The van der Waals surface area contributed by atoms with Crippen LogP contribution in [0.1, 0.15) is 39.0 Å². The predicted octanol–water partition coefficient (Wildman–Crippen LogP) is 2.30. The van der Waals surface area contributed by atoms with Crippen LogP contribution >= 0.6 is 11.3 Å². The highest BCUT2D eigenvalue weighted by Gasteiger charge is 2.45. The van der Waals surface area contributed by atoms with E-state index in [9.17, 15) is 4.79 Å². The Balaban J connectivity index is 1.76. The summed E-state index contributed by atoms with van der Waals surface area (Å²) < 4.78 is 6.01. The Kier molecular flexibility index (Phi) is 4.52. The molecule has 0 spiro atoms. The summed E-state index contributed by atoms with van der Waals surface area (Å²) in [4.78, 5) is 13.0. The molecule has 4 nitrogen and oxygen atoms in total. The van der Waals surface area contributed by atoms with E-state index in [1.54, 1.807) is 11.3 Å². The summed E-state index contributed by atoms with van der Waals surface area (Å²) in [5, 5.41) is 8.26. The van der Waals surface area contributed by atoms with Gasteiger partial charge in [-0.15, -0.1) is 11.3 Å². The summed E-state index contributed by atoms with van der Waals surface area (Å²) in [7, 11) is 0. The fraction of sp³-hybridized carbons (Fsp3) is 0.667. The van der Waals surface area contributed by atoms with Crippen LogP contribution in [0.3, 0.4) is 0 Å². The van der Waals surface area contributed by atoms with Gasteiger partial charge in [-0.05, 0) is 45.6 Å². The van der Waals surface area contributed by atoms with Crippen molar-refractivity contribution in [3.05, 3.63) is 22.4 Å². The molecule has 1 unspecified atom stereocenters. The highest BCUT2D eigenvalue weighted by molar-refractivity contribution is 7.09. The molecule has 1 aliphatic heterocycles. The van der Waals surface area contributed by atoms with Crippen molar-refractivity contribution in [1.82, 2.24) is 10.6 Å². The van der Waals surface area contributed by atoms with Gasteiger partial charge in [0.2, 0.25) is 5.91 Å². The third-order valence-electron chi connectivity index (χ3n) is 3.62. The molecule has 0 aromatic carbocycles. The third kappa shape index (κ3) is 4.04. The zero-order chi connectivity index (χ0) is 14.8. The van der Waals surface area contributed by atoms with Crippen LogP contribution in [0.15, 0.2) is 17.5 Å². The van der Waals surface area contributed by atoms with Gasteiger partial charge in [-0.2, -0.15) is 0 Å². The van der Waals surface area contributed by atoms with Gasteiger partial charge in [-0.1, -0.05) is 6.07 Å². The molecule has 1 amide bonds. The Hall–Kier alpha value is -0.910. The average molecular weight is 296 g/mol. The first kappa shape index (κ1) is 15.5. The highest BCUT2D eigenvalue weighted by Crippen LogP contribution is 2.37. The van der Waals surface area contributed by atoms with Gasteiger partial charge in [0.15, 0.2) is 0 Å². The van der Waals surface area contributed by atoms with Crippen LogP contribution in [0.4, 0.5) is 0 Å². The van der Waals surface area contributed by atoms with Gasteiger partial charge in [0, 0.05) is 10.9 Å². The van der Waals surface area contributed by atoms with E-state index in [4.69, 9.17) is 4.74 Å². The van der Waals surface area contributed by atoms with Crippen LogP contribution < -0.4 is 10.6 Å². The summed E-state index contributed by atoms with van der Waals surface area (Å²) in [5.41, 5.74) is -0.369. The summed E-state index contributed by atoms with van der Waals surface area (Å²) in [6, 6.07) is 4.21. The minimum absolute atomic E-state index is 0.0268. The van der Waals surface area contributed by atoms with E-state index in [2.05, 4.69) is 38.3 Å². The summed E-state index contributed by atoms with van der Waals surface area (Å²) in [5.74, 6) is 0.0268. The number of thiophene rings is 1. The van der Waals surface area contributed by atoms with Crippen molar-refractivity contribution >= 4 is 17.2 Å². The second kappa shape index (κ2) is 5.84. The lowest BCUT2D eigenvalue weighted by molar-refractivity contribution is -0.120. The molecule has 5 heteroatoms. The van der Waals surface area contributed by atoms with Crippen molar-refractivity contribution in [2.75, 3.05) is 6.54 Å². The van der Waals surface area contributed by atoms with Crippen molar-refractivity contribution in [3.63, 3.8) is 0 Å². The van der Waals surface area contributed by atoms with Crippen LogP contribution in [0.5, 0.6) is 0 Å². The molecule has 1 saturated heterocycles. The molecular formula is C15H24N2O2S. The number of rotatable bonds is 5. The smallest absolute Gasteiger partial charge is 0.234 e. The second-order valence-electron chi connectivity index (χ2n) is 6.46. The van der Waals surface area contributed by atoms with Crippen molar-refractivity contribution in [2.24, 2.45) is 0 Å². The molecule has 1 fully saturated rings. The van der Waals surface area contributed by atoms with Crippen molar-refractivity contribution < 1.29 is 9.53 Å². The zero-order valence-electron chi connectivity index (χ0n) is 12.7. The molecule has 1 aromatic rings. The normalized spacial score (nSPS) is 23.7. The van der Waals surface area contributed by atoms with E-state index in [0.717, 1.165) is 6.42 Å². The lowest BCUT2D eigenvalue weighted by atomic mass is 9.94. The minimum Gasteiger partial charge on any atom is -0.368 e. The molecule has 0 aliphatic carbocycles. The number of nitrogens with one attached hydrogen (secondary N) is 2. The lowest BCUT2D eigenvalue weighted by Gasteiger charge is -2.27. The monoisotopic (exact) mass is 296 g/mol. The minimum atomic E-state index is -0.239. The Morgan fingerprint density at radius 1 is 1.45 bits per heavy atom. The quantitative estimate of drug-likeness (QED) is 0.876. The first-order valence-electron chi connectivity index (χ1n) is 7.01. The fourth-order valence-corrected chi connectivity index (χ4v) is 3.40. The number of carbonyl (C=O) groups is 1. The lowest BCUT2D eigenvalue weighted by Crippen LogP contribution is -2.47. The molecule has 0 radical (unpaired) electrons. The van der Waals surface area contributed by atoms with Gasteiger partial charge >= 0.3 is 0 Å². The van der Waals surface area contributed by atoms with Gasteiger partial charge in [0.25, 0.3) is 0 Å². The molecule has 1 aromatic heterocycles. The Labute approximate surface area is 124 Å². The van der Waals surface area contributed by atoms with E-state index in [-0.39, 0.29) is 23.2 Å². The molecule has 0 saturated carbocycles. The number of hydrogen-bond acceptors (Lipinski definition) is 4. The van der Waals surface area contributed by atoms with E-state index in [1.807, 2.05) is 17.5 Å². The SMILES string of the molecule is CC1(C)CC(NCC(=O)NCc2cccs2)C(C)(C)O1. The zero-order valence-corrected chi connectivity index (χ0v) is 13.5. The average Bonchev–Trinajstić information content (AvgIpc) is 2.89. The van der Waals surface area contributed by atoms with Crippen LogP contribution in [0, 0.1) is 0 Å². The van der Waals surface area contributed by atoms with Crippen molar-refractivity contribution in [1.29, 1.82) is 0 Å². The summed E-state index contributed by atoms with van der Waals surface area (Å²) in [6.07, 6.45) is 0.915. The van der Waals surface area contributed by atoms with Gasteiger partial charge < -0.3 is 15.4 Å². The van der Waals surface area contributed by atoms with E-state index < -0.39 is 0 Å². The molecule has 1 atom stereocenters. The van der Waals surface area contributed by atoms with Crippen LogP contribution in [-0.4, -0.2) is 29.7 Å². The first-order chi connectivity index (χ1) is 9.28. The van der Waals surface area contributed by atoms with E-state index in [1.165, 1.54) is 4.88 Å². The second-order valence-corrected chi connectivity index (χ2v) is 7.49. The fourth-order valence-electron chi connectivity index (χ4n) is 2.76. The van der Waals surface area contributed by atoms with Gasteiger partial charge in [0.1, 0.15) is 0 Å². The molecule has 2 heterocycles. The first-order valence-corrected chi connectivity index (χ1v) is 7.89. The third-order valence-corrected chi connectivity index (χ3v) is 4.50. The maximum Gasteiger partial charge on any atom is 0.234 e. The van der Waals surface area contributed by atoms with Gasteiger partial charge in [0.05, 0.1) is 24.3 Å². The highest BCUT2D eigenvalue weighted by atomic mass is 32.1. The molecule has 2 N–H and O–H groups in total. The van der Waals surface area contributed by atoms with Crippen molar-refractivity contribution in [3.8, 4) is 0 Å². The van der Waals surface area contributed by atoms with Crippen molar-refractivity contribution in [2.45, 2.75) is 57.9 Å². The number of ether oxygens (including phenoxy) is 1. The Bertz CT molecular complexity index is 454. The standard InChI is InChI=1S/C15H24N2O2S/c1-14(2)8-12(15(3,4)19-14)16-10-13(18)17-9-11-6-5-7-20-11/h5-7,12,16H,8-10H2,1-4H3,(H,17,18). The topological polar surface area (TPSA) is 50.4 Å². The van der Waals surface area contributed by atoms with Crippen LogP contribution in [0.2, 0.25) is 0 Å². The van der Waals surface area contributed by atoms with Crippen LogP contribution in [-0.2, 0) is 16.1 Å². The maximum atomic E-state index is 11.9. The molecule has 1 aliphatic rings. The number of carbonyl (C=O) groups excluding carboxylic acids is 1.